The van der Waals surface area contributed by atoms with Crippen LogP contribution in [-0.4, -0.2) is 96.3 Å². The first-order valence-electron chi connectivity index (χ1n) is 14.0. The second kappa shape index (κ2) is 7.83. The molecule has 1 N–H and O–H groups in total. The zero-order valence-electron chi connectivity index (χ0n) is 22.3. The maximum atomic E-state index is 13.6. The van der Waals surface area contributed by atoms with Gasteiger partial charge in [0, 0.05) is 24.3 Å². The molecule has 5 saturated heterocycles. The van der Waals surface area contributed by atoms with Gasteiger partial charge in [0.2, 0.25) is 0 Å². The number of cyclic esters (lactones) is 1. The second-order valence-corrected chi connectivity index (χ2v) is 12.7. The number of epoxide rings is 2. The number of carbonyl (C=O) groups is 3. The molecule has 2 unspecified atom stereocenters. The van der Waals surface area contributed by atoms with Crippen molar-refractivity contribution in [1.82, 2.24) is 0 Å². The number of hydrogen-bond donors (Lipinski definition) is 1. The number of aliphatic hydroxyl groups excluding tert-OH is 1. The summed E-state index contributed by atoms with van der Waals surface area (Å²) in [6, 6.07) is 0. The molecular formula is C29H32O11. The third-order valence-corrected chi connectivity index (χ3v) is 11.2. The van der Waals surface area contributed by atoms with Gasteiger partial charge in [0.05, 0.1) is 30.8 Å². The van der Waals surface area contributed by atoms with Gasteiger partial charge >= 0.3 is 17.9 Å². The first-order chi connectivity index (χ1) is 19.1. The minimum atomic E-state index is -1.62. The minimum Gasteiger partial charge on any atom is -0.463 e. The smallest absolute Gasteiger partial charge is 0.339 e. The Kier molecular flexibility index (Phi) is 4.92. The van der Waals surface area contributed by atoms with E-state index in [1.54, 1.807) is 0 Å². The van der Waals surface area contributed by atoms with Crippen LogP contribution in [0.4, 0.5) is 0 Å². The highest BCUT2D eigenvalue weighted by atomic mass is 16.7. The molecule has 11 heteroatoms. The molecule has 6 aliphatic heterocycles. The summed E-state index contributed by atoms with van der Waals surface area (Å²) in [5.74, 6) is -1.99. The Morgan fingerprint density at radius 3 is 2.62 bits per heavy atom. The molecule has 0 aromatic heterocycles. The molecule has 0 amide bonds. The number of ether oxygens (including phenoxy) is 7. The Labute approximate surface area is 230 Å². The summed E-state index contributed by atoms with van der Waals surface area (Å²) in [6.07, 6.45) is 5.27. The van der Waals surface area contributed by atoms with E-state index in [9.17, 15) is 19.5 Å². The van der Waals surface area contributed by atoms with Crippen molar-refractivity contribution in [3.05, 3.63) is 36.0 Å². The van der Waals surface area contributed by atoms with E-state index in [2.05, 4.69) is 19.9 Å². The summed E-state index contributed by atoms with van der Waals surface area (Å²) in [7, 11) is 0. The highest BCUT2D eigenvalue weighted by Gasteiger charge is 2.83. The van der Waals surface area contributed by atoms with E-state index in [-0.39, 0.29) is 31.8 Å². The van der Waals surface area contributed by atoms with Crippen LogP contribution < -0.4 is 0 Å². The fourth-order valence-electron chi connectivity index (χ4n) is 8.73. The molecule has 11 atom stereocenters. The molecule has 1 saturated carbocycles. The van der Waals surface area contributed by atoms with Crippen LogP contribution in [0.15, 0.2) is 36.0 Å². The van der Waals surface area contributed by atoms with Gasteiger partial charge in [-0.1, -0.05) is 30.7 Å². The summed E-state index contributed by atoms with van der Waals surface area (Å²) in [4.78, 5) is 39.2. The first kappa shape index (κ1) is 25.2. The van der Waals surface area contributed by atoms with Crippen LogP contribution in [0.25, 0.3) is 0 Å². The molecule has 11 nitrogen and oxygen atoms in total. The van der Waals surface area contributed by atoms with E-state index in [1.165, 1.54) is 29.9 Å². The Balaban J connectivity index is 1.22. The van der Waals surface area contributed by atoms with Crippen molar-refractivity contribution in [3.63, 3.8) is 0 Å². The minimum absolute atomic E-state index is 0.0169. The summed E-state index contributed by atoms with van der Waals surface area (Å²) in [5, 5.41) is 10.8. The molecule has 0 radical (unpaired) electrons. The van der Waals surface area contributed by atoms with Gasteiger partial charge in [-0.05, 0) is 25.8 Å². The van der Waals surface area contributed by atoms with Gasteiger partial charge < -0.3 is 38.3 Å². The summed E-state index contributed by atoms with van der Waals surface area (Å²) in [6.45, 7) is 4.77. The van der Waals surface area contributed by atoms with Crippen molar-refractivity contribution >= 4 is 17.9 Å². The largest absolute Gasteiger partial charge is 0.463 e. The number of rotatable bonds is 0. The van der Waals surface area contributed by atoms with Gasteiger partial charge in [0.1, 0.15) is 23.9 Å². The van der Waals surface area contributed by atoms with E-state index < -0.39 is 70.0 Å². The molecule has 6 fully saturated rings. The van der Waals surface area contributed by atoms with Gasteiger partial charge in [0.25, 0.3) is 0 Å². The summed E-state index contributed by atoms with van der Waals surface area (Å²) in [5.41, 5.74) is -3.57. The molecule has 8 rings (SSSR count). The molecule has 0 aromatic rings. The standard InChI is InChI=1S/C29H32O11/c1-15-6-8-26-13-34-23(33)21-28(40-21)9-10-35-27(20(31)22(32)39-24(27)28)7-4-3-5-19(30)38-16-12-18(37-17(26)11-15)29(14-36-29)25(16,26)2/h3-5,7,11,16-18,20-21,24,31H,6,8-10,12-14H2,1-2H3/b5-3-,7-4-/t16-,17-,18-,20+,21?,24+,25-,26-,27-,28?,29+/m1/s1. The van der Waals surface area contributed by atoms with Gasteiger partial charge in [-0.3, -0.25) is 0 Å². The average molecular weight is 557 g/mol. The van der Waals surface area contributed by atoms with Crippen LogP contribution in [-0.2, 0) is 47.5 Å². The molecule has 6 heterocycles. The van der Waals surface area contributed by atoms with Crippen molar-refractivity contribution in [1.29, 1.82) is 0 Å². The predicted octanol–water partition coefficient (Wildman–Crippen LogP) is 0.823. The number of allylic oxidation sites excluding steroid dienone is 3. The van der Waals surface area contributed by atoms with Crippen LogP contribution in [0.2, 0.25) is 0 Å². The molecule has 2 aliphatic carbocycles. The molecule has 0 aromatic carbocycles. The van der Waals surface area contributed by atoms with E-state index in [0.717, 1.165) is 6.42 Å². The average Bonchev–Trinajstić information content (AvgIpc) is 3.83. The van der Waals surface area contributed by atoms with E-state index in [1.807, 2.05) is 0 Å². The third kappa shape index (κ3) is 2.85. The fourth-order valence-corrected chi connectivity index (χ4v) is 8.73. The number of carbonyl (C=O) groups excluding carboxylic acids is 3. The number of esters is 3. The Hall–Kier alpha value is -2.57. The van der Waals surface area contributed by atoms with Crippen molar-refractivity contribution < 1.29 is 52.6 Å². The molecule has 8 aliphatic rings. The van der Waals surface area contributed by atoms with Crippen LogP contribution >= 0.6 is 0 Å². The normalized spacial score (nSPS) is 55.6. The maximum Gasteiger partial charge on any atom is 0.339 e. The van der Waals surface area contributed by atoms with Gasteiger partial charge in [-0.15, -0.1) is 0 Å². The SMILES string of the molecule is CC1=C[C@H]2O[C@@H]3C[C@H]4OC(=O)/C=C\C=C/[C@]56OCCC7(OC7C(=O)OC[C@@]2(CC1)[C@]4(C)[C@]31CO1)[C@H]5OC(=O)[C@@H]6O. The van der Waals surface area contributed by atoms with Crippen molar-refractivity contribution in [2.75, 3.05) is 19.8 Å². The third-order valence-electron chi connectivity index (χ3n) is 11.2. The molecule has 4 bridgehead atoms. The quantitative estimate of drug-likeness (QED) is 0.196. The highest BCUT2D eigenvalue weighted by molar-refractivity contribution is 5.84. The predicted molar refractivity (Wildman–Crippen MR) is 131 cm³/mol. The highest BCUT2D eigenvalue weighted by Crippen LogP contribution is 2.72. The zero-order valence-corrected chi connectivity index (χ0v) is 22.3. The van der Waals surface area contributed by atoms with Crippen molar-refractivity contribution in [2.24, 2.45) is 10.8 Å². The van der Waals surface area contributed by atoms with E-state index in [0.29, 0.717) is 19.4 Å². The van der Waals surface area contributed by atoms with Crippen LogP contribution in [0.3, 0.4) is 0 Å². The van der Waals surface area contributed by atoms with Crippen LogP contribution in [0.5, 0.6) is 0 Å². The summed E-state index contributed by atoms with van der Waals surface area (Å²) < 4.78 is 42.4. The summed E-state index contributed by atoms with van der Waals surface area (Å²) >= 11 is 0. The maximum absolute atomic E-state index is 13.6. The van der Waals surface area contributed by atoms with Crippen LogP contribution in [0, 0.1) is 10.8 Å². The fraction of sp³-hybridized carbons (Fsp3) is 0.690. The van der Waals surface area contributed by atoms with Crippen molar-refractivity contribution in [3.8, 4) is 0 Å². The van der Waals surface area contributed by atoms with Gasteiger partial charge in [-0.25, -0.2) is 14.4 Å². The van der Waals surface area contributed by atoms with Crippen molar-refractivity contribution in [2.45, 2.75) is 93.0 Å². The Morgan fingerprint density at radius 1 is 1.00 bits per heavy atom. The Bertz CT molecular complexity index is 1300. The number of aliphatic hydroxyl groups is 1. The lowest BCUT2D eigenvalue weighted by Crippen LogP contribution is -2.67. The number of hydrogen-bond acceptors (Lipinski definition) is 11. The molecular weight excluding hydrogens is 524 g/mol. The first-order valence-corrected chi connectivity index (χ1v) is 14.0. The topological polar surface area (TPSA) is 143 Å². The lowest BCUT2D eigenvalue weighted by molar-refractivity contribution is -0.233. The van der Waals surface area contributed by atoms with Gasteiger partial charge in [0.15, 0.2) is 23.9 Å². The second-order valence-electron chi connectivity index (χ2n) is 12.7. The van der Waals surface area contributed by atoms with Crippen LogP contribution in [0.1, 0.15) is 39.5 Å². The van der Waals surface area contributed by atoms with E-state index in [4.69, 9.17) is 33.2 Å². The van der Waals surface area contributed by atoms with Gasteiger partial charge in [-0.2, -0.15) is 0 Å². The monoisotopic (exact) mass is 556 g/mol. The molecule has 3 spiro atoms. The molecule has 40 heavy (non-hydrogen) atoms. The molecule has 214 valence electrons. The van der Waals surface area contributed by atoms with E-state index >= 15 is 0 Å². The lowest BCUT2D eigenvalue weighted by atomic mass is 9.51. The lowest BCUT2D eigenvalue weighted by Gasteiger charge is -2.58. The zero-order chi connectivity index (χ0) is 27.7. The Morgan fingerprint density at radius 2 is 1.82 bits per heavy atom.